The maximum Gasteiger partial charge on any atom is 0.268 e. The zero-order valence-electron chi connectivity index (χ0n) is 58.7. The summed E-state index contributed by atoms with van der Waals surface area (Å²) in [4.78, 5) is 25.7. The molecule has 0 rings (SSSR count). The van der Waals surface area contributed by atoms with Crippen LogP contribution in [-0.4, -0.2) is 68.5 Å². The standard InChI is InChI=1S/C78H149N2O6P/c1-6-8-10-12-14-16-18-20-22-24-26-28-30-32-34-36-38-40-42-44-46-48-50-52-54-56-58-60-62-64-66-68-70-72-78(82)79-76(75-86-87(83,84)85-74-73-80(3,4)5)77(81)71-69-67-65-63-61-59-57-55-53-51-49-47-45-43-41-39-37-35-33-31-29-27-25-23-21-19-17-15-13-11-9-7-2/h18,20,24,26,53,55,61,63,69,71,76-77,81H,6-17,19,21-23,25,27-52,54,56-60,62,64-68,70,72-75H2,1-5H3,(H-,79,82,83,84)/b20-18-,26-24-,55-53+,63-61+,71-69+. The lowest BCUT2D eigenvalue weighted by Crippen LogP contribution is -2.45. The van der Waals surface area contributed by atoms with Crippen molar-refractivity contribution in [2.75, 3.05) is 40.9 Å². The molecule has 0 aromatic carbocycles. The molecule has 0 aliphatic carbocycles. The third-order valence-corrected chi connectivity index (χ3v) is 18.4. The number of aliphatic hydroxyl groups is 1. The van der Waals surface area contributed by atoms with Gasteiger partial charge in [-0.15, -0.1) is 0 Å². The van der Waals surface area contributed by atoms with E-state index in [1.54, 1.807) is 6.08 Å². The van der Waals surface area contributed by atoms with Crippen molar-refractivity contribution >= 4 is 13.7 Å². The molecule has 0 radical (unpaired) electrons. The SMILES string of the molecule is CCCCCCC/C=C\C/C=C\CCCCCCCCCCCCCCCCCCCCCCCC(=O)NC(COP(=O)([O-])OCC[N+](C)(C)C)C(O)/C=C/CC/C=C/CC/C=C/CCCCCCCCCCCCCCCCCCCCCCCC. The van der Waals surface area contributed by atoms with Crippen LogP contribution in [0.3, 0.4) is 0 Å². The van der Waals surface area contributed by atoms with Crippen molar-refractivity contribution in [2.24, 2.45) is 0 Å². The number of phosphoric ester groups is 1. The number of unbranched alkanes of at least 4 members (excludes halogenated alkanes) is 50. The number of hydrogen-bond donors (Lipinski definition) is 2. The summed E-state index contributed by atoms with van der Waals surface area (Å²) in [7, 11) is 1.25. The number of nitrogens with one attached hydrogen (secondary N) is 1. The lowest BCUT2D eigenvalue weighted by molar-refractivity contribution is -0.870. The molecule has 9 heteroatoms. The fraction of sp³-hybridized carbons (Fsp3) is 0.859. The third kappa shape index (κ3) is 71.5. The van der Waals surface area contributed by atoms with Crippen LogP contribution < -0.4 is 10.2 Å². The average Bonchev–Trinajstić information content (AvgIpc) is 3.71. The van der Waals surface area contributed by atoms with E-state index in [0.717, 1.165) is 51.4 Å². The van der Waals surface area contributed by atoms with E-state index in [1.165, 1.54) is 308 Å². The Balaban J connectivity index is 4.05. The summed E-state index contributed by atoms with van der Waals surface area (Å²) >= 11 is 0. The van der Waals surface area contributed by atoms with Crippen molar-refractivity contribution in [3.8, 4) is 0 Å². The number of carbonyl (C=O) groups excluding carboxylic acids is 1. The number of allylic oxidation sites excluding steroid dienone is 9. The highest BCUT2D eigenvalue weighted by atomic mass is 31.2. The van der Waals surface area contributed by atoms with Crippen molar-refractivity contribution in [2.45, 2.75) is 392 Å². The first-order valence-corrected chi connectivity index (χ1v) is 39.6. The van der Waals surface area contributed by atoms with E-state index in [0.29, 0.717) is 17.4 Å². The number of carbonyl (C=O) groups is 1. The van der Waals surface area contributed by atoms with Crippen LogP contribution in [0.2, 0.25) is 0 Å². The lowest BCUT2D eigenvalue weighted by atomic mass is 10.0. The molecule has 1 amide bonds. The van der Waals surface area contributed by atoms with Gasteiger partial charge in [-0.3, -0.25) is 9.36 Å². The third-order valence-electron chi connectivity index (χ3n) is 17.4. The molecule has 0 aliphatic rings. The number of amides is 1. The van der Waals surface area contributed by atoms with E-state index >= 15 is 0 Å². The molecule has 0 spiro atoms. The van der Waals surface area contributed by atoms with Crippen molar-refractivity contribution < 1.29 is 32.9 Å². The minimum Gasteiger partial charge on any atom is -0.756 e. The number of nitrogens with zero attached hydrogens (tertiary/aromatic N) is 1. The Morgan fingerprint density at radius 2 is 0.678 bits per heavy atom. The first kappa shape index (κ1) is 85.2. The Morgan fingerprint density at radius 1 is 0.402 bits per heavy atom. The zero-order valence-corrected chi connectivity index (χ0v) is 59.6. The van der Waals surface area contributed by atoms with E-state index in [2.05, 4.69) is 67.8 Å². The van der Waals surface area contributed by atoms with Crippen molar-refractivity contribution in [1.82, 2.24) is 5.32 Å². The normalized spacial score (nSPS) is 13.9. The highest BCUT2D eigenvalue weighted by molar-refractivity contribution is 7.45. The summed E-state index contributed by atoms with van der Waals surface area (Å²) in [5.41, 5.74) is 0. The van der Waals surface area contributed by atoms with Crippen LogP contribution in [0.15, 0.2) is 60.8 Å². The quantitative estimate of drug-likeness (QED) is 0.0272. The molecular weight excluding hydrogens is 1090 g/mol. The maximum atomic E-state index is 13.1. The van der Waals surface area contributed by atoms with Gasteiger partial charge < -0.3 is 28.8 Å². The first-order valence-electron chi connectivity index (χ1n) is 38.2. The van der Waals surface area contributed by atoms with Crippen molar-refractivity contribution in [1.29, 1.82) is 0 Å². The molecular formula is C78H149N2O6P. The molecule has 87 heavy (non-hydrogen) atoms. The van der Waals surface area contributed by atoms with Gasteiger partial charge >= 0.3 is 0 Å². The van der Waals surface area contributed by atoms with Gasteiger partial charge in [-0.1, -0.05) is 357 Å². The Labute approximate surface area is 542 Å². The summed E-state index contributed by atoms with van der Waals surface area (Å²) in [6.45, 7) is 4.66. The van der Waals surface area contributed by atoms with Gasteiger partial charge in [-0.2, -0.15) is 0 Å². The second-order valence-corrected chi connectivity index (χ2v) is 28.7. The Hall–Kier alpha value is -1.80. The van der Waals surface area contributed by atoms with Crippen molar-refractivity contribution in [3.05, 3.63) is 60.8 Å². The van der Waals surface area contributed by atoms with Gasteiger partial charge in [0.05, 0.1) is 39.9 Å². The molecule has 0 aromatic rings. The van der Waals surface area contributed by atoms with Gasteiger partial charge in [-0.05, 0) is 77.0 Å². The summed E-state index contributed by atoms with van der Waals surface area (Å²) in [6, 6.07) is -0.913. The molecule has 0 aromatic heterocycles. The topological polar surface area (TPSA) is 108 Å². The Morgan fingerprint density at radius 3 is 1.00 bits per heavy atom. The molecule has 8 nitrogen and oxygen atoms in total. The minimum atomic E-state index is -4.62. The highest BCUT2D eigenvalue weighted by Crippen LogP contribution is 2.38. The average molecular weight is 1240 g/mol. The summed E-state index contributed by atoms with van der Waals surface area (Å²) in [5.74, 6) is -0.205. The molecule has 0 saturated carbocycles. The molecule has 0 saturated heterocycles. The number of phosphoric acid groups is 1. The van der Waals surface area contributed by atoms with Crippen LogP contribution in [0.25, 0.3) is 0 Å². The summed E-state index contributed by atoms with van der Waals surface area (Å²) in [6.07, 6.45) is 95.2. The van der Waals surface area contributed by atoms with Gasteiger partial charge in [0.25, 0.3) is 7.82 Å². The molecule has 2 N–H and O–H groups in total. The predicted molar refractivity (Wildman–Crippen MR) is 381 cm³/mol. The van der Waals surface area contributed by atoms with E-state index in [9.17, 15) is 19.4 Å². The zero-order chi connectivity index (χ0) is 63.4. The van der Waals surface area contributed by atoms with Crippen LogP contribution in [0, 0.1) is 0 Å². The molecule has 0 bridgehead atoms. The molecule has 0 fully saturated rings. The second kappa shape index (κ2) is 68.6. The van der Waals surface area contributed by atoms with Gasteiger partial charge in [0.15, 0.2) is 0 Å². The largest absolute Gasteiger partial charge is 0.756 e. The van der Waals surface area contributed by atoms with E-state index in [1.807, 2.05) is 27.2 Å². The van der Waals surface area contributed by atoms with Gasteiger partial charge in [0.2, 0.25) is 5.91 Å². The maximum absolute atomic E-state index is 13.1. The van der Waals surface area contributed by atoms with Crippen LogP contribution in [-0.2, 0) is 18.4 Å². The number of rotatable bonds is 71. The summed E-state index contributed by atoms with van der Waals surface area (Å²) in [5, 5.41) is 14.0. The Kier molecular flexibility index (Phi) is 67.1. The monoisotopic (exact) mass is 1240 g/mol. The number of quaternary nitrogens is 1. The lowest BCUT2D eigenvalue weighted by Gasteiger charge is -2.29. The van der Waals surface area contributed by atoms with Gasteiger partial charge in [0, 0.05) is 6.42 Å². The smallest absolute Gasteiger partial charge is 0.268 e. The molecule has 3 atom stereocenters. The Bertz CT molecular complexity index is 1600. The van der Waals surface area contributed by atoms with E-state index in [4.69, 9.17) is 9.05 Å². The van der Waals surface area contributed by atoms with Crippen LogP contribution in [0.5, 0.6) is 0 Å². The van der Waals surface area contributed by atoms with Gasteiger partial charge in [-0.25, -0.2) is 0 Å². The van der Waals surface area contributed by atoms with Crippen LogP contribution >= 0.6 is 7.82 Å². The first-order chi connectivity index (χ1) is 42.5. The fourth-order valence-electron chi connectivity index (χ4n) is 11.5. The van der Waals surface area contributed by atoms with Crippen molar-refractivity contribution in [3.63, 3.8) is 0 Å². The van der Waals surface area contributed by atoms with E-state index < -0.39 is 26.6 Å². The second-order valence-electron chi connectivity index (χ2n) is 27.3. The number of aliphatic hydroxyl groups excluding tert-OH is 1. The molecule has 0 aliphatic heterocycles. The number of hydrogen-bond acceptors (Lipinski definition) is 6. The molecule has 0 heterocycles. The fourth-order valence-corrected chi connectivity index (χ4v) is 12.2. The molecule has 512 valence electrons. The highest BCUT2D eigenvalue weighted by Gasteiger charge is 2.23. The van der Waals surface area contributed by atoms with Crippen LogP contribution in [0.1, 0.15) is 380 Å². The van der Waals surface area contributed by atoms with Crippen LogP contribution in [0.4, 0.5) is 0 Å². The van der Waals surface area contributed by atoms with E-state index in [-0.39, 0.29) is 12.5 Å². The minimum absolute atomic E-state index is 0.00869. The predicted octanol–water partition coefficient (Wildman–Crippen LogP) is 24.1. The molecule has 3 unspecified atom stereocenters. The number of likely N-dealkylation sites (N-methyl/N-ethyl adjacent to an activating group) is 1. The van der Waals surface area contributed by atoms with Gasteiger partial charge in [0.1, 0.15) is 13.2 Å². The summed E-state index contributed by atoms with van der Waals surface area (Å²) < 4.78 is 23.5.